The molecule has 1 aliphatic rings. The van der Waals surface area contributed by atoms with Crippen LogP contribution in [0.2, 0.25) is 0 Å². The second kappa shape index (κ2) is 12.4. The molecular weight excluding hydrogens is 706 g/mol. The van der Waals surface area contributed by atoms with Gasteiger partial charge < -0.3 is 39.9 Å². The fraction of sp³-hybridized carbons (Fsp3) is 0.263. The van der Waals surface area contributed by atoms with E-state index in [1.807, 2.05) is 0 Å². The van der Waals surface area contributed by atoms with Crippen molar-refractivity contribution in [3.8, 4) is 23.0 Å². The van der Waals surface area contributed by atoms with Crippen molar-refractivity contribution >= 4 is 71.6 Å². The highest BCUT2D eigenvalue weighted by Gasteiger charge is 2.38. The molecule has 0 spiro atoms. The minimum absolute atomic E-state index is 0.0669. The summed E-state index contributed by atoms with van der Waals surface area (Å²) in [6.07, 6.45) is 0.435. The molecule has 5 N–H and O–H groups in total. The average Bonchev–Trinajstić information content (AvgIpc) is 3.14. The van der Waals surface area contributed by atoms with E-state index in [0.717, 1.165) is 21.6 Å². The minimum Gasteiger partial charge on any atom is -0.506 e. The Labute approximate surface area is 301 Å². The number of nitrogens with one attached hydrogen (secondary N) is 1. The first-order valence-corrected chi connectivity index (χ1v) is 16.8. The van der Waals surface area contributed by atoms with Crippen LogP contribution >= 0.6 is 0 Å². The molecule has 2 heterocycles. The summed E-state index contributed by atoms with van der Waals surface area (Å²) in [5, 5.41) is 42.2. The SMILES string of the molecule is CCC(C)c1cc2c(=O)c3ccc4c(OC)c5c(O)c6c(=O)ccc(=O)c6c(O)c5c(O)c4c3c(=O)c2c(=O)n1CC(=O)N1CC(C(=O)O)NC(=O)C1C. The van der Waals surface area contributed by atoms with Crippen LogP contribution in [0, 0.1) is 0 Å². The van der Waals surface area contributed by atoms with E-state index in [2.05, 4.69) is 5.32 Å². The van der Waals surface area contributed by atoms with Crippen LogP contribution in [0.15, 0.2) is 54.3 Å². The minimum atomic E-state index is -1.40. The molecule has 1 aromatic heterocycles. The monoisotopic (exact) mass is 737 g/mol. The van der Waals surface area contributed by atoms with Crippen LogP contribution in [-0.2, 0) is 20.9 Å². The number of methoxy groups -OCH3 is 1. The van der Waals surface area contributed by atoms with E-state index in [0.29, 0.717) is 6.42 Å². The predicted octanol–water partition coefficient (Wildman–Crippen LogP) is 1.37. The summed E-state index contributed by atoms with van der Waals surface area (Å²) in [5.74, 6) is -6.14. The number of carbonyl (C=O) groups excluding carboxylic acids is 2. The number of hydrogen-bond acceptors (Lipinski definition) is 12. The number of carbonyl (C=O) groups is 3. The van der Waals surface area contributed by atoms with Gasteiger partial charge in [-0.25, -0.2) is 4.79 Å². The van der Waals surface area contributed by atoms with Crippen molar-refractivity contribution in [3.63, 3.8) is 0 Å². The Balaban J connectivity index is 1.59. The zero-order chi connectivity index (χ0) is 39.2. The molecule has 0 bridgehead atoms. The lowest BCUT2D eigenvalue weighted by Gasteiger charge is -2.36. The average molecular weight is 738 g/mol. The number of phenols is 3. The summed E-state index contributed by atoms with van der Waals surface area (Å²) in [6.45, 7) is 3.81. The number of hydrogen-bond donors (Lipinski definition) is 5. The number of nitrogens with zero attached hydrogens (tertiary/aromatic N) is 2. The van der Waals surface area contributed by atoms with Gasteiger partial charge in [-0.05, 0) is 49.6 Å². The van der Waals surface area contributed by atoms with Gasteiger partial charge in [0.25, 0.3) is 5.56 Å². The third kappa shape index (κ3) is 4.82. The molecule has 5 aromatic carbocycles. The van der Waals surface area contributed by atoms with Gasteiger partial charge >= 0.3 is 5.97 Å². The number of carboxylic acid groups (broad SMARTS) is 1. The highest BCUT2D eigenvalue weighted by molar-refractivity contribution is 6.26. The highest BCUT2D eigenvalue weighted by Crippen LogP contribution is 2.52. The van der Waals surface area contributed by atoms with Gasteiger partial charge in [0, 0.05) is 32.6 Å². The summed E-state index contributed by atoms with van der Waals surface area (Å²) < 4.78 is 6.59. The molecule has 276 valence electrons. The Morgan fingerprint density at radius 2 is 1.41 bits per heavy atom. The van der Waals surface area contributed by atoms with E-state index in [4.69, 9.17) is 4.74 Å². The molecule has 2 amide bonds. The van der Waals surface area contributed by atoms with Gasteiger partial charge in [-0.15, -0.1) is 0 Å². The number of phenolic OH excluding ortho intramolecular Hbond substituents is 3. The van der Waals surface area contributed by atoms with Crippen molar-refractivity contribution in [1.82, 2.24) is 14.8 Å². The standard InChI is InChI=1S/C38H31N3O13/c1-5-13(2)19-10-17-25(37(51)41(19)12-22(44)40-11-18(38(52)53)39-36(50)14(40)3)31(46)23-15(30(17)45)6-7-16-24(23)32(47)28-29(35(16)54-4)34(49)27-21(43)9-8-20(42)26(27)33(28)48/h6-10,13-14,18,47-49H,5,11-12H2,1-4H3,(H,39,50)(H,52,53). The number of aromatic nitrogens is 1. The molecule has 0 aliphatic carbocycles. The van der Waals surface area contributed by atoms with Crippen molar-refractivity contribution in [1.29, 1.82) is 0 Å². The Morgan fingerprint density at radius 1 is 0.815 bits per heavy atom. The molecule has 0 saturated carbocycles. The van der Waals surface area contributed by atoms with E-state index >= 15 is 0 Å². The fourth-order valence-corrected chi connectivity index (χ4v) is 7.54. The number of aromatic hydroxyl groups is 3. The zero-order valence-electron chi connectivity index (χ0n) is 29.1. The van der Waals surface area contributed by atoms with Crippen molar-refractivity contribution in [2.24, 2.45) is 0 Å². The van der Waals surface area contributed by atoms with Gasteiger partial charge in [-0.3, -0.25) is 33.6 Å². The molecule has 3 atom stereocenters. The zero-order valence-corrected chi connectivity index (χ0v) is 29.1. The number of benzene rings is 5. The van der Waals surface area contributed by atoms with Crippen LogP contribution in [-0.4, -0.2) is 73.4 Å². The second-order valence-corrected chi connectivity index (χ2v) is 13.4. The van der Waals surface area contributed by atoms with Gasteiger partial charge in [-0.2, -0.15) is 0 Å². The number of amides is 2. The first-order chi connectivity index (χ1) is 25.5. The van der Waals surface area contributed by atoms with Crippen LogP contribution in [0.3, 0.4) is 0 Å². The number of ether oxygens (including phenoxy) is 1. The molecule has 1 fully saturated rings. The number of piperazine rings is 1. The third-order valence-electron chi connectivity index (χ3n) is 10.5. The number of pyridine rings is 1. The lowest BCUT2D eigenvalue weighted by molar-refractivity contribution is -0.151. The van der Waals surface area contributed by atoms with E-state index < -0.39 is 120 Å². The molecule has 16 heteroatoms. The molecule has 54 heavy (non-hydrogen) atoms. The maximum absolute atomic E-state index is 14.6. The molecule has 1 aliphatic heterocycles. The van der Waals surface area contributed by atoms with Gasteiger partial charge in [0.05, 0.1) is 40.6 Å². The van der Waals surface area contributed by atoms with Crippen molar-refractivity contribution < 1.29 is 39.5 Å². The molecule has 7 rings (SSSR count). The van der Waals surface area contributed by atoms with Crippen LogP contribution in [0.1, 0.15) is 38.8 Å². The molecule has 6 aromatic rings. The maximum atomic E-state index is 14.6. The predicted molar refractivity (Wildman–Crippen MR) is 197 cm³/mol. The second-order valence-electron chi connectivity index (χ2n) is 13.4. The molecule has 16 nitrogen and oxygen atoms in total. The molecule has 0 radical (unpaired) electrons. The van der Waals surface area contributed by atoms with E-state index in [-0.39, 0.29) is 38.4 Å². The number of rotatable bonds is 6. The Bertz CT molecular complexity index is 3000. The van der Waals surface area contributed by atoms with Crippen molar-refractivity contribution in [3.05, 3.63) is 87.3 Å². The summed E-state index contributed by atoms with van der Waals surface area (Å²) in [6, 6.07) is 3.21. The quantitative estimate of drug-likeness (QED) is 0.0922. The lowest BCUT2D eigenvalue weighted by atomic mass is 9.91. The van der Waals surface area contributed by atoms with Gasteiger partial charge in [0.1, 0.15) is 41.6 Å². The number of carboxylic acids is 1. The van der Waals surface area contributed by atoms with E-state index in [9.17, 15) is 58.8 Å². The molecule has 1 saturated heterocycles. The van der Waals surface area contributed by atoms with Crippen molar-refractivity contribution in [2.75, 3.05) is 13.7 Å². The first kappa shape index (κ1) is 35.6. The summed E-state index contributed by atoms with van der Waals surface area (Å²) in [4.78, 5) is 108. The Hall–Kier alpha value is -6.84. The third-order valence-corrected chi connectivity index (χ3v) is 10.5. The van der Waals surface area contributed by atoms with Gasteiger partial charge in [0.15, 0.2) is 16.3 Å². The Morgan fingerprint density at radius 3 is 2.00 bits per heavy atom. The largest absolute Gasteiger partial charge is 0.506 e. The summed E-state index contributed by atoms with van der Waals surface area (Å²) in [5.41, 5.74) is -4.32. The van der Waals surface area contributed by atoms with Gasteiger partial charge in [-0.1, -0.05) is 13.8 Å². The van der Waals surface area contributed by atoms with E-state index in [1.54, 1.807) is 13.8 Å². The van der Waals surface area contributed by atoms with Crippen LogP contribution in [0.4, 0.5) is 0 Å². The lowest BCUT2D eigenvalue weighted by Crippen LogP contribution is -2.63. The first-order valence-electron chi connectivity index (χ1n) is 16.8. The van der Waals surface area contributed by atoms with Crippen LogP contribution in [0.5, 0.6) is 23.0 Å². The smallest absolute Gasteiger partial charge is 0.328 e. The van der Waals surface area contributed by atoms with Crippen molar-refractivity contribution in [2.45, 2.75) is 51.7 Å². The Kier molecular flexibility index (Phi) is 8.16. The molecular formula is C38H31N3O13. The van der Waals surface area contributed by atoms with Crippen LogP contribution < -0.4 is 37.3 Å². The fourth-order valence-electron chi connectivity index (χ4n) is 7.54. The number of fused-ring (bicyclic) bond motifs is 6. The highest BCUT2D eigenvalue weighted by atomic mass is 16.5. The number of aliphatic carboxylic acids is 1. The van der Waals surface area contributed by atoms with Gasteiger partial charge in [0.2, 0.25) is 17.2 Å². The van der Waals surface area contributed by atoms with E-state index in [1.165, 1.54) is 32.2 Å². The van der Waals surface area contributed by atoms with Crippen LogP contribution in [0.25, 0.3) is 53.9 Å². The maximum Gasteiger partial charge on any atom is 0.328 e. The molecule has 3 unspecified atom stereocenters. The summed E-state index contributed by atoms with van der Waals surface area (Å²) >= 11 is 0. The summed E-state index contributed by atoms with van der Waals surface area (Å²) in [7, 11) is 1.17. The topological polar surface area (TPSA) is 247 Å². The normalized spacial score (nSPS) is 16.7.